The number of benzene rings is 2. The van der Waals surface area contributed by atoms with E-state index in [1.165, 1.54) is 16.2 Å². The summed E-state index contributed by atoms with van der Waals surface area (Å²) in [6, 6.07) is 15.8. The topological polar surface area (TPSA) is 67.2 Å². The minimum atomic E-state index is -0.219. The van der Waals surface area contributed by atoms with Crippen LogP contribution in [0.2, 0.25) is 0 Å². The number of hydrogen-bond donors (Lipinski definition) is 1. The molecule has 0 saturated carbocycles. The first-order valence-corrected chi connectivity index (χ1v) is 11.2. The van der Waals surface area contributed by atoms with Crippen molar-refractivity contribution < 1.29 is 9.59 Å². The van der Waals surface area contributed by atoms with Gasteiger partial charge in [0.2, 0.25) is 5.91 Å². The lowest BCUT2D eigenvalue weighted by Crippen LogP contribution is -2.34. The molecule has 0 fully saturated rings. The Kier molecular flexibility index (Phi) is 5.84. The van der Waals surface area contributed by atoms with Gasteiger partial charge >= 0.3 is 0 Å². The largest absolute Gasteiger partial charge is 0.332 e. The number of likely N-dealkylation sites (N-methyl/N-ethyl adjacent to an activating group) is 1. The minimum Gasteiger partial charge on any atom is -0.332 e. The Hall–Kier alpha value is -3.45. The van der Waals surface area contributed by atoms with Crippen molar-refractivity contribution in [3.05, 3.63) is 75.8 Å². The van der Waals surface area contributed by atoms with Crippen LogP contribution >= 0.6 is 11.3 Å². The highest BCUT2D eigenvalue weighted by Gasteiger charge is 2.21. The second kappa shape index (κ2) is 8.59. The Morgan fingerprint density at radius 2 is 1.69 bits per heavy atom. The number of para-hydroxylation sites is 1. The molecular weight excluding hydrogens is 420 g/mol. The molecule has 1 N–H and O–H groups in total. The smallest absolute Gasteiger partial charge is 0.264 e. The predicted molar refractivity (Wildman–Crippen MR) is 130 cm³/mol. The Bertz CT molecular complexity index is 1300. The van der Waals surface area contributed by atoms with Gasteiger partial charge in [0.1, 0.15) is 4.83 Å². The highest BCUT2D eigenvalue weighted by atomic mass is 32.1. The summed E-state index contributed by atoms with van der Waals surface area (Å²) in [7, 11) is 1.65. The fourth-order valence-corrected chi connectivity index (χ4v) is 5.11. The zero-order valence-electron chi connectivity index (χ0n) is 18.9. The van der Waals surface area contributed by atoms with Crippen LogP contribution in [-0.4, -0.2) is 40.1 Å². The lowest BCUT2D eigenvalue weighted by Gasteiger charge is -2.18. The summed E-state index contributed by atoms with van der Waals surface area (Å²) < 4.78 is 1.86. The first-order chi connectivity index (χ1) is 15.2. The molecule has 0 saturated heterocycles. The second-order valence-electron chi connectivity index (χ2n) is 8.15. The number of carbonyl (C=O) groups excluding carboxylic acids is 2. The average molecular weight is 447 g/mol. The van der Waals surface area contributed by atoms with Gasteiger partial charge in [0, 0.05) is 18.1 Å². The molecule has 2 aromatic carbocycles. The highest BCUT2D eigenvalue weighted by Crippen LogP contribution is 2.31. The molecule has 0 bridgehead atoms. The van der Waals surface area contributed by atoms with Crippen LogP contribution in [0.4, 0.5) is 5.69 Å². The Labute approximate surface area is 191 Å². The zero-order valence-corrected chi connectivity index (χ0v) is 19.7. The molecule has 7 heteroatoms. The van der Waals surface area contributed by atoms with Crippen LogP contribution in [0, 0.1) is 27.7 Å². The number of amides is 2. The summed E-state index contributed by atoms with van der Waals surface area (Å²) in [5, 5.41) is 8.53. The molecule has 6 nitrogen and oxygen atoms in total. The third-order valence-electron chi connectivity index (χ3n) is 5.43. The molecular formula is C25H26N4O2S. The third-order valence-corrected chi connectivity index (χ3v) is 6.52. The first-order valence-electron chi connectivity index (χ1n) is 10.4. The molecule has 32 heavy (non-hydrogen) atoms. The molecule has 0 aliphatic heterocycles. The second-order valence-corrected chi connectivity index (χ2v) is 9.18. The van der Waals surface area contributed by atoms with Crippen LogP contribution in [0.3, 0.4) is 0 Å². The summed E-state index contributed by atoms with van der Waals surface area (Å²) in [6.07, 6.45) is 0. The minimum absolute atomic E-state index is 0.0242. The maximum atomic E-state index is 13.1. The normalized spacial score (nSPS) is 11.0. The van der Waals surface area contributed by atoms with Crippen molar-refractivity contribution >= 4 is 39.1 Å². The number of nitrogens with one attached hydrogen (secondary N) is 1. The molecule has 4 aromatic rings. The number of aryl methyl sites for hydroxylation is 4. The van der Waals surface area contributed by atoms with Gasteiger partial charge in [0.15, 0.2) is 0 Å². The molecule has 0 unspecified atom stereocenters. The number of carbonyl (C=O) groups is 2. The number of anilines is 1. The summed E-state index contributed by atoms with van der Waals surface area (Å²) in [5.41, 5.74) is 5.79. The van der Waals surface area contributed by atoms with Crippen molar-refractivity contribution in [1.82, 2.24) is 14.7 Å². The van der Waals surface area contributed by atoms with Gasteiger partial charge in [0.25, 0.3) is 5.91 Å². The van der Waals surface area contributed by atoms with E-state index in [-0.39, 0.29) is 18.4 Å². The van der Waals surface area contributed by atoms with Gasteiger partial charge in [-0.2, -0.15) is 5.10 Å². The van der Waals surface area contributed by atoms with Gasteiger partial charge < -0.3 is 10.2 Å². The molecule has 2 amide bonds. The van der Waals surface area contributed by atoms with Gasteiger partial charge in [-0.25, -0.2) is 4.68 Å². The first kappa shape index (κ1) is 21.8. The van der Waals surface area contributed by atoms with E-state index in [0.29, 0.717) is 4.88 Å². The molecule has 0 aliphatic rings. The molecule has 4 rings (SSSR count). The summed E-state index contributed by atoms with van der Waals surface area (Å²) in [5.74, 6) is -0.402. The highest BCUT2D eigenvalue weighted by molar-refractivity contribution is 7.20. The molecule has 2 aromatic heterocycles. The maximum Gasteiger partial charge on any atom is 0.264 e. The van der Waals surface area contributed by atoms with E-state index >= 15 is 0 Å². The lowest BCUT2D eigenvalue weighted by atomic mass is 10.1. The fourth-order valence-electron chi connectivity index (χ4n) is 3.93. The maximum absolute atomic E-state index is 13.1. The SMILES string of the molecule is Cc1cc(C)c(NC(=O)CN(C)C(=O)c2cc3c(C)nn(-c4ccccc4)c3s2)c(C)c1. The van der Waals surface area contributed by atoms with Crippen molar-refractivity contribution in [2.45, 2.75) is 27.7 Å². The molecule has 0 spiro atoms. The van der Waals surface area contributed by atoms with Gasteiger partial charge in [0.05, 0.1) is 22.8 Å². The van der Waals surface area contributed by atoms with Crippen molar-refractivity contribution in [3.8, 4) is 5.69 Å². The average Bonchev–Trinajstić information content (AvgIpc) is 3.31. The number of thiophene rings is 1. The predicted octanol–water partition coefficient (Wildman–Crippen LogP) is 5.03. The zero-order chi connectivity index (χ0) is 23.0. The third kappa shape index (κ3) is 4.16. The van der Waals surface area contributed by atoms with Gasteiger partial charge in [-0.05, 0) is 57.0 Å². The van der Waals surface area contributed by atoms with Gasteiger partial charge in [-0.3, -0.25) is 9.59 Å². The lowest BCUT2D eigenvalue weighted by molar-refractivity contribution is -0.116. The fraction of sp³-hybridized carbons (Fsp3) is 0.240. The van der Waals surface area contributed by atoms with Crippen molar-refractivity contribution in [3.63, 3.8) is 0 Å². The quantitative estimate of drug-likeness (QED) is 0.467. The van der Waals surface area contributed by atoms with Crippen LogP contribution in [0.5, 0.6) is 0 Å². The van der Waals surface area contributed by atoms with Crippen molar-refractivity contribution in [1.29, 1.82) is 0 Å². The number of aromatic nitrogens is 2. The molecule has 164 valence electrons. The number of hydrogen-bond acceptors (Lipinski definition) is 4. The van der Waals surface area contributed by atoms with E-state index in [1.807, 2.05) is 80.9 Å². The van der Waals surface area contributed by atoms with Gasteiger partial charge in [-0.15, -0.1) is 11.3 Å². The Morgan fingerprint density at radius 1 is 1.03 bits per heavy atom. The number of rotatable bonds is 5. The van der Waals surface area contributed by atoms with E-state index in [2.05, 4.69) is 10.4 Å². The summed E-state index contributed by atoms with van der Waals surface area (Å²) in [6.45, 7) is 7.89. The van der Waals surface area contributed by atoms with E-state index in [4.69, 9.17) is 0 Å². The van der Waals surface area contributed by atoms with E-state index in [9.17, 15) is 9.59 Å². The van der Waals surface area contributed by atoms with E-state index in [1.54, 1.807) is 7.05 Å². The van der Waals surface area contributed by atoms with Gasteiger partial charge in [-0.1, -0.05) is 35.9 Å². The molecule has 0 radical (unpaired) electrons. The van der Waals surface area contributed by atoms with E-state index < -0.39 is 0 Å². The standard InChI is InChI=1S/C25H26N4O2S/c1-15-11-16(2)23(17(3)12-15)26-22(30)14-28(5)24(31)21-13-20-18(4)27-29(25(20)32-21)19-9-7-6-8-10-19/h6-13H,14H2,1-5H3,(H,26,30). The van der Waals surface area contributed by atoms with Crippen LogP contribution in [0.15, 0.2) is 48.5 Å². The van der Waals surface area contributed by atoms with Crippen LogP contribution < -0.4 is 5.32 Å². The molecule has 0 atom stereocenters. The van der Waals surface area contributed by atoms with Crippen LogP contribution in [-0.2, 0) is 4.79 Å². The molecule has 2 heterocycles. The molecule has 0 aliphatic carbocycles. The Balaban J connectivity index is 1.52. The number of nitrogens with zero attached hydrogens (tertiary/aromatic N) is 3. The van der Waals surface area contributed by atoms with Crippen LogP contribution in [0.1, 0.15) is 32.1 Å². The van der Waals surface area contributed by atoms with E-state index in [0.717, 1.165) is 44.0 Å². The summed E-state index contributed by atoms with van der Waals surface area (Å²) >= 11 is 1.39. The summed E-state index contributed by atoms with van der Waals surface area (Å²) in [4.78, 5) is 28.7. The monoisotopic (exact) mass is 446 g/mol. The van der Waals surface area contributed by atoms with Crippen LogP contribution in [0.25, 0.3) is 15.9 Å². The number of fused-ring (bicyclic) bond motifs is 1. The van der Waals surface area contributed by atoms with Crippen molar-refractivity contribution in [2.24, 2.45) is 0 Å². The Morgan fingerprint density at radius 3 is 2.34 bits per heavy atom. The van der Waals surface area contributed by atoms with Crippen molar-refractivity contribution in [2.75, 3.05) is 18.9 Å².